The molecule has 5 rings (SSSR count). The Labute approximate surface area is 213 Å². The average molecular weight is 529 g/mol. The Morgan fingerprint density at radius 3 is 2.94 bits per heavy atom. The van der Waals surface area contributed by atoms with E-state index in [2.05, 4.69) is 15.5 Å². The smallest absolute Gasteiger partial charge is 0.352 e. The van der Waals surface area contributed by atoms with Gasteiger partial charge in [0, 0.05) is 16.7 Å². The molecule has 2 amide bonds. The SMILES string of the molecule is CCO/N=C(\C(=O)N[C@@H]1C(=O)N2C(C(=O)O)=C(C[n+]3cc4ccccn4c3)CS[C@@H]12)c1csc(N)n1. The van der Waals surface area contributed by atoms with Gasteiger partial charge in [-0.25, -0.2) is 18.7 Å². The van der Waals surface area contributed by atoms with Gasteiger partial charge in [-0.1, -0.05) is 11.2 Å². The zero-order valence-corrected chi connectivity index (χ0v) is 20.7. The molecule has 1 fully saturated rings. The maximum atomic E-state index is 13.0. The maximum Gasteiger partial charge on any atom is 0.352 e. The normalized spacial score (nSPS) is 19.8. The molecule has 0 aromatic carbocycles. The van der Waals surface area contributed by atoms with Crippen molar-refractivity contribution in [1.29, 1.82) is 0 Å². The molecule has 3 aromatic heterocycles. The molecule has 5 heterocycles. The highest BCUT2D eigenvalue weighted by atomic mass is 32.2. The summed E-state index contributed by atoms with van der Waals surface area (Å²) in [5, 5.41) is 17.7. The van der Waals surface area contributed by atoms with Crippen molar-refractivity contribution < 1.29 is 28.9 Å². The van der Waals surface area contributed by atoms with Gasteiger partial charge in [0.2, 0.25) is 6.33 Å². The van der Waals surface area contributed by atoms with Crippen LogP contribution in [0.15, 0.2) is 58.7 Å². The molecule has 12 nitrogen and oxygen atoms in total. The Kier molecular flexibility index (Phi) is 6.36. The second-order valence-corrected chi connectivity index (χ2v) is 9.99. The Bertz CT molecular complexity index is 1400. The van der Waals surface area contributed by atoms with E-state index >= 15 is 0 Å². The number of nitrogens with zero attached hydrogens (tertiary/aromatic N) is 5. The molecular weight excluding hydrogens is 506 g/mol. The highest BCUT2D eigenvalue weighted by molar-refractivity contribution is 8.00. The third-order valence-electron chi connectivity index (χ3n) is 5.67. The Morgan fingerprint density at radius 2 is 2.25 bits per heavy atom. The predicted molar refractivity (Wildman–Crippen MR) is 132 cm³/mol. The summed E-state index contributed by atoms with van der Waals surface area (Å²) >= 11 is 2.54. The van der Waals surface area contributed by atoms with Crippen LogP contribution in [0.25, 0.3) is 5.52 Å². The number of pyridine rings is 1. The predicted octanol–water partition coefficient (Wildman–Crippen LogP) is 0.445. The van der Waals surface area contributed by atoms with E-state index in [1.807, 2.05) is 45.9 Å². The standard InChI is InChI=1S/C22H21N7O5S2/c1-2-34-26-15(14-10-36-22(23)24-14)18(30)25-16-19(31)29-17(21(32)33)12(9-35-20(16)29)7-27-8-13-5-3-4-6-28(13)11-27/h3-6,8,10-11,16,20H,2,7,9H2,1H3,(H3-,23,24,25,30,32,33)/p+1/b26-15-/t16-,20+/m1/s1. The largest absolute Gasteiger partial charge is 0.477 e. The van der Waals surface area contributed by atoms with Crippen molar-refractivity contribution >= 4 is 57.2 Å². The van der Waals surface area contributed by atoms with Crippen molar-refractivity contribution in [2.75, 3.05) is 18.1 Å². The second-order valence-electron chi connectivity index (χ2n) is 8.00. The number of thiazole rings is 1. The third-order valence-corrected chi connectivity index (χ3v) is 7.68. The number of carbonyl (C=O) groups is 3. The summed E-state index contributed by atoms with van der Waals surface area (Å²) in [6.45, 7) is 2.27. The molecule has 4 N–H and O–H groups in total. The number of carboxylic acid groups (broad SMARTS) is 1. The van der Waals surface area contributed by atoms with Crippen molar-refractivity contribution in [2.24, 2.45) is 5.16 Å². The van der Waals surface area contributed by atoms with Crippen molar-refractivity contribution in [3.8, 4) is 0 Å². The number of aliphatic carboxylic acids is 1. The van der Waals surface area contributed by atoms with Gasteiger partial charge in [-0.05, 0) is 19.1 Å². The summed E-state index contributed by atoms with van der Waals surface area (Å²) in [5.74, 6) is -1.95. The fraction of sp³-hybridized carbons (Fsp3) is 0.273. The van der Waals surface area contributed by atoms with Crippen LogP contribution in [-0.4, -0.2) is 66.7 Å². The van der Waals surface area contributed by atoms with Crippen LogP contribution in [-0.2, 0) is 25.8 Å². The molecule has 2 aliphatic rings. The number of carboxylic acids is 1. The molecule has 1 saturated heterocycles. The second kappa shape index (κ2) is 9.62. The minimum Gasteiger partial charge on any atom is -0.477 e. The number of rotatable bonds is 8. The number of nitrogens with one attached hydrogen (secondary N) is 1. The number of aromatic nitrogens is 3. The Morgan fingerprint density at radius 1 is 1.42 bits per heavy atom. The molecule has 0 spiro atoms. The number of oxime groups is 1. The quantitative estimate of drug-likeness (QED) is 0.165. The van der Waals surface area contributed by atoms with Crippen molar-refractivity contribution in [1.82, 2.24) is 19.6 Å². The van der Waals surface area contributed by atoms with Crippen molar-refractivity contribution in [3.05, 3.63) is 59.3 Å². The molecule has 36 heavy (non-hydrogen) atoms. The molecule has 14 heteroatoms. The van der Waals surface area contributed by atoms with E-state index in [-0.39, 0.29) is 28.8 Å². The summed E-state index contributed by atoms with van der Waals surface area (Å²) < 4.78 is 3.81. The zero-order chi connectivity index (χ0) is 25.4. The number of imidazole rings is 1. The van der Waals surface area contributed by atoms with E-state index in [4.69, 9.17) is 10.6 Å². The lowest BCUT2D eigenvalue weighted by Crippen LogP contribution is -2.71. The van der Waals surface area contributed by atoms with Gasteiger partial charge in [-0.3, -0.25) is 14.5 Å². The Hall–Kier alpha value is -3.91. The molecule has 0 saturated carbocycles. The van der Waals surface area contributed by atoms with Gasteiger partial charge < -0.3 is 21.0 Å². The molecule has 0 bridgehead atoms. The summed E-state index contributed by atoms with van der Waals surface area (Å²) in [4.78, 5) is 48.6. The molecule has 3 aromatic rings. The lowest BCUT2D eigenvalue weighted by Gasteiger charge is -2.49. The summed E-state index contributed by atoms with van der Waals surface area (Å²) in [6.07, 6.45) is 5.68. The number of amides is 2. The van der Waals surface area contributed by atoms with Crippen LogP contribution in [0.1, 0.15) is 12.6 Å². The molecule has 0 unspecified atom stereocenters. The number of nitrogens with two attached hydrogens (primary N) is 1. The first-order valence-corrected chi connectivity index (χ1v) is 12.9. The molecule has 2 aliphatic heterocycles. The maximum absolute atomic E-state index is 13.0. The number of thioether (sulfide) groups is 1. The number of carbonyl (C=O) groups excluding carboxylic acids is 2. The average Bonchev–Trinajstić information content (AvgIpc) is 3.47. The van der Waals surface area contributed by atoms with Crippen LogP contribution >= 0.6 is 23.1 Å². The van der Waals surface area contributed by atoms with E-state index in [9.17, 15) is 19.5 Å². The number of fused-ring (bicyclic) bond motifs is 2. The first-order chi connectivity index (χ1) is 17.4. The third kappa shape index (κ3) is 4.28. The molecular formula is C22H22N7O5S2+. The van der Waals surface area contributed by atoms with Gasteiger partial charge in [0.25, 0.3) is 11.8 Å². The van der Waals surface area contributed by atoms with Gasteiger partial charge >= 0.3 is 5.97 Å². The van der Waals surface area contributed by atoms with Crippen LogP contribution < -0.4 is 15.6 Å². The first-order valence-electron chi connectivity index (χ1n) is 10.9. The van der Waals surface area contributed by atoms with Crippen LogP contribution in [0.3, 0.4) is 0 Å². The fourth-order valence-corrected chi connectivity index (χ4v) is 5.98. The van der Waals surface area contributed by atoms with E-state index in [0.717, 1.165) is 16.9 Å². The minimum absolute atomic E-state index is 0.0486. The van der Waals surface area contributed by atoms with Crippen molar-refractivity contribution in [2.45, 2.75) is 24.9 Å². The minimum atomic E-state index is -1.19. The van der Waals surface area contributed by atoms with E-state index in [1.54, 1.807) is 12.3 Å². The van der Waals surface area contributed by atoms with Gasteiger partial charge in [-0.2, -0.15) is 0 Å². The number of anilines is 1. The van der Waals surface area contributed by atoms with Gasteiger partial charge in [0.05, 0.1) is 6.20 Å². The van der Waals surface area contributed by atoms with E-state index < -0.39 is 29.2 Å². The van der Waals surface area contributed by atoms with Gasteiger partial charge in [-0.15, -0.1) is 23.1 Å². The highest BCUT2D eigenvalue weighted by Gasteiger charge is 2.54. The lowest BCUT2D eigenvalue weighted by atomic mass is 10.0. The number of β-lactam (4-membered cyclic amide) rings is 1. The summed E-state index contributed by atoms with van der Waals surface area (Å²) in [5.41, 5.74) is 7.33. The van der Waals surface area contributed by atoms with E-state index in [1.165, 1.54) is 16.7 Å². The summed E-state index contributed by atoms with van der Waals surface area (Å²) in [6, 6.07) is 4.86. The summed E-state index contributed by atoms with van der Waals surface area (Å²) in [7, 11) is 0. The number of hydrogen-bond donors (Lipinski definition) is 3. The fourth-order valence-electron chi connectivity index (χ4n) is 4.10. The zero-order valence-electron chi connectivity index (χ0n) is 19.0. The molecule has 0 radical (unpaired) electrons. The van der Waals surface area contributed by atoms with Crippen LogP contribution in [0.2, 0.25) is 0 Å². The highest BCUT2D eigenvalue weighted by Crippen LogP contribution is 2.40. The first kappa shape index (κ1) is 23.8. The topological polar surface area (TPSA) is 156 Å². The van der Waals surface area contributed by atoms with Crippen LogP contribution in [0.4, 0.5) is 5.13 Å². The van der Waals surface area contributed by atoms with Gasteiger partial charge in [0.15, 0.2) is 16.4 Å². The number of nitrogen functional groups attached to an aromatic ring is 1. The molecule has 2 atom stereocenters. The van der Waals surface area contributed by atoms with E-state index in [0.29, 0.717) is 17.9 Å². The lowest BCUT2D eigenvalue weighted by molar-refractivity contribution is -0.687. The van der Waals surface area contributed by atoms with Crippen molar-refractivity contribution in [3.63, 3.8) is 0 Å². The molecule has 0 aliphatic carbocycles. The Balaban J connectivity index is 1.35. The molecule has 186 valence electrons. The van der Waals surface area contributed by atoms with Crippen LogP contribution in [0.5, 0.6) is 0 Å². The number of hydrogen-bond acceptors (Lipinski definition) is 9. The monoisotopic (exact) mass is 528 g/mol. The van der Waals surface area contributed by atoms with Crippen LogP contribution in [0, 0.1) is 0 Å². The van der Waals surface area contributed by atoms with Gasteiger partial charge in [0.1, 0.15) is 42.2 Å².